The largest absolute Gasteiger partial charge is 0.497 e. The number of nitrogens with one attached hydrogen (secondary N) is 1. The molecule has 2 nitrogen and oxygen atoms in total. The lowest BCUT2D eigenvalue weighted by Gasteiger charge is -2.59. The zero-order valence-electron chi connectivity index (χ0n) is 12.5. The van der Waals surface area contributed by atoms with E-state index in [4.69, 9.17) is 4.74 Å². The van der Waals surface area contributed by atoms with Crippen molar-refractivity contribution < 1.29 is 4.74 Å². The van der Waals surface area contributed by atoms with Gasteiger partial charge in [0.25, 0.3) is 0 Å². The molecule has 0 spiro atoms. The van der Waals surface area contributed by atoms with Gasteiger partial charge in [0.05, 0.1) is 7.11 Å². The summed E-state index contributed by atoms with van der Waals surface area (Å²) in [6, 6.07) is 7.34. The quantitative estimate of drug-likeness (QED) is 0.895. The van der Waals surface area contributed by atoms with E-state index in [1.165, 1.54) is 19.3 Å². The van der Waals surface area contributed by atoms with Crippen LogP contribution < -0.4 is 10.1 Å². The van der Waals surface area contributed by atoms with Crippen molar-refractivity contribution >= 4 is 0 Å². The molecule has 1 aromatic carbocycles. The molecule has 3 rings (SSSR count). The first-order valence-electron chi connectivity index (χ1n) is 7.55. The van der Waals surface area contributed by atoms with Crippen LogP contribution in [0, 0.1) is 11.3 Å². The second-order valence-electron chi connectivity index (χ2n) is 6.12. The number of methoxy groups -OCH3 is 1. The Morgan fingerprint density at radius 1 is 1.32 bits per heavy atom. The zero-order chi connectivity index (χ0) is 13.6. The number of hydrogen-bond donors (Lipinski definition) is 1. The van der Waals surface area contributed by atoms with Gasteiger partial charge >= 0.3 is 0 Å². The van der Waals surface area contributed by atoms with E-state index in [0.29, 0.717) is 11.5 Å². The van der Waals surface area contributed by atoms with Crippen LogP contribution in [-0.2, 0) is 6.42 Å². The van der Waals surface area contributed by atoms with Crippen LogP contribution in [0.1, 0.15) is 43.7 Å². The van der Waals surface area contributed by atoms with Crippen molar-refractivity contribution in [2.45, 2.75) is 45.1 Å². The van der Waals surface area contributed by atoms with Gasteiger partial charge in [-0.05, 0) is 66.8 Å². The van der Waals surface area contributed by atoms with E-state index in [2.05, 4.69) is 44.4 Å². The summed E-state index contributed by atoms with van der Waals surface area (Å²) in [5, 5.41) is 3.60. The predicted molar refractivity (Wildman–Crippen MR) is 78.8 cm³/mol. The molecule has 104 valence electrons. The fourth-order valence-electron chi connectivity index (χ4n) is 4.96. The molecule has 0 heterocycles. The maximum absolute atomic E-state index is 5.42. The fraction of sp³-hybridized carbons (Fsp3) is 0.647. The minimum atomic E-state index is 0.441. The third-order valence-electron chi connectivity index (χ3n) is 5.87. The highest BCUT2D eigenvalue weighted by atomic mass is 16.5. The topological polar surface area (TPSA) is 21.3 Å². The van der Waals surface area contributed by atoms with Gasteiger partial charge in [-0.15, -0.1) is 0 Å². The Labute approximate surface area is 116 Å². The first-order chi connectivity index (χ1) is 9.21. The van der Waals surface area contributed by atoms with E-state index < -0.39 is 0 Å². The van der Waals surface area contributed by atoms with Gasteiger partial charge in [-0.1, -0.05) is 19.9 Å². The molecular weight excluding hydrogens is 234 g/mol. The van der Waals surface area contributed by atoms with Gasteiger partial charge in [0.2, 0.25) is 0 Å². The minimum absolute atomic E-state index is 0.441. The maximum atomic E-state index is 5.42. The molecule has 2 aliphatic carbocycles. The standard InChI is InChI=1S/C17H25NO/c1-5-17(6-2)15-13-10-12(19-4)8-7-11(13)9-14(15)16(17)18-3/h7-8,10,14-16,18H,5-6,9H2,1-4H3. The second kappa shape index (κ2) is 4.52. The Morgan fingerprint density at radius 2 is 2.05 bits per heavy atom. The molecule has 1 N–H and O–H groups in total. The number of hydrogen-bond acceptors (Lipinski definition) is 2. The normalized spacial score (nSPS) is 30.4. The summed E-state index contributed by atoms with van der Waals surface area (Å²) < 4.78 is 5.42. The molecule has 0 radical (unpaired) electrons. The van der Waals surface area contributed by atoms with Crippen LogP contribution in [0.4, 0.5) is 0 Å². The van der Waals surface area contributed by atoms with Gasteiger partial charge in [0.15, 0.2) is 0 Å². The molecule has 1 aromatic rings. The van der Waals surface area contributed by atoms with Crippen molar-refractivity contribution in [2.24, 2.45) is 11.3 Å². The molecule has 0 aromatic heterocycles. The number of fused-ring (bicyclic) bond motifs is 3. The Kier molecular flexibility index (Phi) is 3.09. The van der Waals surface area contributed by atoms with Crippen molar-refractivity contribution in [1.29, 1.82) is 0 Å². The lowest BCUT2D eigenvalue weighted by atomic mass is 9.48. The third kappa shape index (κ3) is 1.53. The van der Waals surface area contributed by atoms with Crippen LogP contribution in [0.25, 0.3) is 0 Å². The first kappa shape index (κ1) is 13.0. The van der Waals surface area contributed by atoms with Crippen molar-refractivity contribution in [1.82, 2.24) is 5.32 Å². The van der Waals surface area contributed by atoms with Gasteiger partial charge in [-0.3, -0.25) is 0 Å². The van der Waals surface area contributed by atoms with E-state index in [1.54, 1.807) is 18.2 Å². The third-order valence-corrected chi connectivity index (χ3v) is 5.87. The molecule has 1 fully saturated rings. The zero-order valence-corrected chi connectivity index (χ0v) is 12.5. The van der Waals surface area contributed by atoms with Crippen molar-refractivity contribution in [2.75, 3.05) is 14.2 Å². The summed E-state index contributed by atoms with van der Waals surface area (Å²) in [6.07, 6.45) is 3.75. The lowest BCUT2D eigenvalue weighted by molar-refractivity contribution is -0.0341. The van der Waals surface area contributed by atoms with Gasteiger partial charge in [0.1, 0.15) is 5.75 Å². The van der Waals surface area contributed by atoms with Gasteiger partial charge in [-0.25, -0.2) is 0 Å². The Hall–Kier alpha value is -1.02. The summed E-state index contributed by atoms with van der Waals surface area (Å²) in [6.45, 7) is 4.70. The molecule has 2 heteroatoms. The molecule has 1 saturated carbocycles. The Morgan fingerprint density at radius 3 is 2.63 bits per heavy atom. The van der Waals surface area contributed by atoms with Gasteiger partial charge in [0, 0.05) is 6.04 Å². The van der Waals surface area contributed by atoms with E-state index in [1.807, 2.05) is 0 Å². The Balaban J connectivity index is 2.03. The number of ether oxygens (including phenoxy) is 1. The molecule has 0 amide bonds. The Bertz CT molecular complexity index is 478. The van der Waals surface area contributed by atoms with Crippen molar-refractivity contribution in [3.8, 4) is 5.75 Å². The van der Waals surface area contributed by atoms with Crippen molar-refractivity contribution in [3.05, 3.63) is 29.3 Å². The monoisotopic (exact) mass is 259 g/mol. The van der Waals surface area contributed by atoms with Gasteiger partial charge < -0.3 is 10.1 Å². The second-order valence-corrected chi connectivity index (χ2v) is 6.12. The van der Waals surface area contributed by atoms with Gasteiger partial charge in [-0.2, -0.15) is 0 Å². The summed E-state index contributed by atoms with van der Waals surface area (Å²) in [4.78, 5) is 0. The SMILES string of the molecule is CCC1(CC)C(NC)C2Cc3ccc(OC)cc3C21. The molecule has 3 unspecified atom stereocenters. The lowest BCUT2D eigenvalue weighted by Crippen LogP contribution is -2.62. The summed E-state index contributed by atoms with van der Waals surface area (Å²) in [7, 11) is 3.89. The number of rotatable bonds is 4. The van der Waals surface area contributed by atoms with E-state index in [9.17, 15) is 0 Å². The van der Waals surface area contributed by atoms with Crippen LogP contribution in [-0.4, -0.2) is 20.2 Å². The van der Waals surface area contributed by atoms with E-state index in [-0.39, 0.29) is 0 Å². The van der Waals surface area contributed by atoms with Crippen LogP contribution >= 0.6 is 0 Å². The van der Waals surface area contributed by atoms with Crippen LogP contribution in [0.3, 0.4) is 0 Å². The van der Waals surface area contributed by atoms with E-state index >= 15 is 0 Å². The average Bonchev–Trinajstić information content (AvgIpc) is 2.76. The predicted octanol–water partition coefficient (Wildman–Crippen LogP) is 3.36. The molecule has 3 atom stereocenters. The minimum Gasteiger partial charge on any atom is -0.497 e. The van der Waals surface area contributed by atoms with Crippen molar-refractivity contribution in [3.63, 3.8) is 0 Å². The number of benzene rings is 1. The maximum Gasteiger partial charge on any atom is 0.119 e. The molecule has 19 heavy (non-hydrogen) atoms. The first-order valence-corrected chi connectivity index (χ1v) is 7.55. The summed E-state index contributed by atoms with van der Waals surface area (Å²) >= 11 is 0. The highest BCUT2D eigenvalue weighted by Crippen LogP contribution is 2.65. The highest BCUT2D eigenvalue weighted by molar-refractivity contribution is 5.47. The molecule has 2 aliphatic rings. The summed E-state index contributed by atoms with van der Waals surface area (Å²) in [5.41, 5.74) is 3.54. The molecule has 0 aliphatic heterocycles. The molecule has 0 bridgehead atoms. The smallest absolute Gasteiger partial charge is 0.119 e. The van der Waals surface area contributed by atoms with E-state index in [0.717, 1.165) is 17.6 Å². The summed E-state index contributed by atoms with van der Waals surface area (Å²) in [5.74, 6) is 2.52. The fourth-order valence-corrected chi connectivity index (χ4v) is 4.96. The molecular formula is C17H25NO. The molecule has 0 saturated heterocycles. The van der Waals surface area contributed by atoms with Crippen LogP contribution in [0.5, 0.6) is 5.75 Å². The average molecular weight is 259 g/mol. The van der Waals surface area contributed by atoms with Crippen LogP contribution in [0.2, 0.25) is 0 Å². The van der Waals surface area contributed by atoms with Crippen LogP contribution in [0.15, 0.2) is 18.2 Å². The highest BCUT2D eigenvalue weighted by Gasteiger charge is 2.62.